The maximum Gasteiger partial charge on any atom is 0.184 e. The summed E-state index contributed by atoms with van der Waals surface area (Å²) in [5.41, 5.74) is 5.04. The summed E-state index contributed by atoms with van der Waals surface area (Å²) in [7, 11) is 0. The highest BCUT2D eigenvalue weighted by Gasteiger charge is 2.25. The third-order valence-corrected chi connectivity index (χ3v) is 4.93. The van der Waals surface area contributed by atoms with Gasteiger partial charge in [-0.2, -0.15) is 0 Å². The monoisotopic (exact) mass is 365 g/mol. The van der Waals surface area contributed by atoms with Crippen LogP contribution in [0.1, 0.15) is 23.6 Å². The molecule has 1 nitrogen and oxygen atoms in total. The molecule has 0 spiro atoms. The van der Waals surface area contributed by atoms with Crippen molar-refractivity contribution >= 4 is 11.4 Å². The fourth-order valence-electron chi connectivity index (χ4n) is 3.44. The number of rotatable bonds is 4. The Morgan fingerprint density at radius 2 is 1.63 bits per heavy atom. The normalized spacial score (nSPS) is 12.8. The summed E-state index contributed by atoms with van der Waals surface area (Å²) in [4.78, 5) is 4.15. The van der Waals surface area contributed by atoms with Crippen LogP contribution in [0.5, 0.6) is 0 Å². The van der Waals surface area contributed by atoms with Gasteiger partial charge in [0.1, 0.15) is 11.5 Å². The highest BCUT2D eigenvalue weighted by molar-refractivity contribution is 5.95. The predicted octanol–water partition coefficient (Wildman–Crippen LogP) is 6.20. The van der Waals surface area contributed by atoms with Gasteiger partial charge in [-0.05, 0) is 28.7 Å². The number of halogens is 3. The van der Waals surface area contributed by atoms with Gasteiger partial charge in [-0.3, -0.25) is 4.99 Å². The number of hydrogen-bond donors (Lipinski definition) is 0. The minimum Gasteiger partial charge on any atom is -0.254 e. The molecule has 0 bridgehead atoms. The SMILES string of the molecule is CCc1ccc(-c2cccc(CC3=Nc4c(F)c(F)cc(F)c4C3)c2)cc1. The molecular formula is C23H18F3N. The van der Waals surface area contributed by atoms with Crippen LogP contribution in [0.4, 0.5) is 18.9 Å². The van der Waals surface area contributed by atoms with Crippen LogP contribution in [0.15, 0.2) is 59.6 Å². The van der Waals surface area contributed by atoms with Crippen molar-refractivity contribution in [2.75, 3.05) is 0 Å². The predicted molar refractivity (Wildman–Crippen MR) is 102 cm³/mol. The molecule has 0 unspecified atom stereocenters. The quantitative estimate of drug-likeness (QED) is 0.488. The lowest BCUT2D eigenvalue weighted by Crippen LogP contribution is -2.04. The van der Waals surface area contributed by atoms with E-state index in [1.54, 1.807) is 0 Å². The van der Waals surface area contributed by atoms with Crippen molar-refractivity contribution in [3.05, 3.63) is 88.7 Å². The highest BCUT2D eigenvalue weighted by Crippen LogP contribution is 2.34. The molecule has 0 saturated carbocycles. The minimum atomic E-state index is -1.20. The number of aliphatic imine (C=N–C) groups is 1. The molecule has 0 aromatic heterocycles. The zero-order chi connectivity index (χ0) is 19.0. The molecule has 0 N–H and O–H groups in total. The van der Waals surface area contributed by atoms with Gasteiger partial charge in [0.2, 0.25) is 0 Å². The Hall–Kier alpha value is -2.88. The van der Waals surface area contributed by atoms with Crippen LogP contribution in [0.3, 0.4) is 0 Å². The van der Waals surface area contributed by atoms with Crippen LogP contribution in [0.25, 0.3) is 11.1 Å². The van der Waals surface area contributed by atoms with Gasteiger partial charge in [-0.1, -0.05) is 55.5 Å². The maximum absolute atomic E-state index is 13.9. The van der Waals surface area contributed by atoms with Gasteiger partial charge in [-0.25, -0.2) is 13.2 Å². The third-order valence-electron chi connectivity index (χ3n) is 4.93. The molecule has 0 aliphatic carbocycles. The topological polar surface area (TPSA) is 12.4 Å². The molecule has 1 heterocycles. The van der Waals surface area contributed by atoms with E-state index in [1.165, 1.54) is 5.56 Å². The average Bonchev–Trinajstić information content (AvgIpc) is 3.11. The highest BCUT2D eigenvalue weighted by atomic mass is 19.2. The Morgan fingerprint density at radius 3 is 2.37 bits per heavy atom. The van der Waals surface area contributed by atoms with Crippen molar-refractivity contribution in [1.82, 2.24) is 0 Å². The van der Waals surface area contributed by atoms with Gasteiger partial charge in [0, 0.05) is 30.2 Å². The lowest BCUT2D eigenvalue weighted by molar-refractivity contribution is 0.495. The first-order chi connectivity index (χ1) is 13.0. The molecule has 3 aromatic carbocycles. The molecule has 4 rings (SSSR count). The van der Waals surface area contributed by atoms with Crippen LogP contribution in [-0.2, 0) is 19.3 Å². The van der Waals surface area contributed by atoms with E-state index in [9.17, 15) is 13.2 Å². The van der Waals surface area contributed by atoms with E-state index in [4.69, 9.17) is 0 Å². The van der Waals surface area contributed by atoms with Crippen LogP contribution in [0.2, 0.25) is 0 Å². The number of hydrogen-bond acceptors (Lipinski definition) is 1. The first-order valence-corrected chi connectivity index (χ1v) is 8.96. The smallest absolute Gasteiger partial charge is 0.184 e. The van der Waals surface area contributed by atoms with Crippen LogP contribution in [0, 0.1) is 17.5 Å². The molecule has 136 valence electrons. The molecule has 4 heteroatoms. The van der Waals surface area contributed by atoms with Crippen molar-refractivity contribution in [2.45, 2.75) is 26.2 Å². The van der Waals surface area contributed by atoms with Crippen molar-refractivity contribution in [2.24, 2.45) is 4.99 Å². The second kappa shape index (κ2) is 7.03. The molecular weight excluding hydrogens is 347 g/mol. The summed E-state index contributed by atoms with van der Waals surface area (Å²) in [5.74, 6) is -3.02. The fraction of sp³-hybridized carbons (Fsp3) is 0.174. The molecule has 0 radical (unpaired) electrons. The number of aryl methyl sites for hydroxylation is 1. The van der Waals surface area contributed by atoms with Crippen LogP contribution in [-0.4, -0.2) is 5.71 Å². The first-order valence-electron chi connectivity index (χ1n) is 8.96. The van der Waals surface area contributed by atoms with Crippen LogP contribution < -0.4 is 0 Å². The van der Waals surface area contributed by atoms with Crippen LogP contribution >= 0.6 is 0 Å². The van der Waals surface area contributed by atoms with E-state index in [1.807, 2.05) is 18.2 Å². The molecule has 3 aromatic rings. The summed E-state index contributed by atoms with van der Waals surface area (Å²) < 4.78 is 41.2. The second-order valence-corrected chi connectivity index (χ2v) is 6.76. The Morgan fingerprint density at radius 1 is 0.852 bits per heavy atom. The lowest BCUT2D eigenvalue weighted by Gasteiger charge is -2.07. The van der Waals surface area contributed by atoms with E-state index < -0.39 is 17.5 Å². The second-order valence-electron chi connectivity index (χ2n) is 6.76. The summed E-state index contributed by atoms with van der Waals surface area (Å²) in [6, 6.07) is 17.0. The van der Waals surface area contributed by atoms with E-state index in [0.29, 0.717) is 18.2 Å². The number of nitrogens with zero attached hydrogens (tertiary/aromatic N) is 1. The van der Waals surface area contributed by atoms with Gasteiger partial charge < -0.3 is 0 Å². The number of benzene rings is 3. The Labute approximate surface area is 156 Å². The van der Waals surface area contributed by atoms with Gasteiger partial charge in [0.15, 0.2) is 11.6 Å². The van der Waals surface area contributed by atoms with Gasteiger partial charge in [-0.15, -0.1) is 0 Å². The van der Waals surface area contributed by atoms with Gasteiger partial charge in [0.05, 0.1) is 0 Å². The minimum absolute atomic E-state index is 0.134. The maximum atomic E-state index is 13.9. The van der Waals surface area contributed by atoms with Crippen molar-refractivity contribution in [3.8, 4) is 11.1 Å². The molecule has 1 aliphatic rings. The lowest BCUT2D eigenvalue weighted by atomic mass is 9.98. The number of fused-ring (bicyclic) bond motifs is 1. The summed E-state index contributed by atoms with van der Waals surface area (Å²) in [6.45, 7) is 2.12. The Kier molecular flexibility index (Phi) is 4.56. The van der Waals surface area contributed by atoms with Gasteiger partial charge in [0.25, 0.3) is 0 Å². The third kappa shape index (κ3) is 3.39. The van der Waals surface area contributed by atoms with E-state index >= 15 is 0 Å². The summed E-state index contributed by atoms with van der Waals surface area (Å²) in [6.07, 6.45) is 1.66. The Bertz CT molecular complexity index is 1040. The molecule has 1 aliphatic heterocycles. The van der Waals surface area contributed by atoms with Gasteiger partial charge >= 0.3 is 0 Å². The first kappa shape index (κ1) is 17.5. The van der Waals surface area contributed by atoms with E-state index in [2.05, 4.69) is 42.2 Å². The molecule has 0 amide bonds. The molecule has 0 fully saturated rings. The van der Waals surface area contributed by atoms with E-state index in [0.717, 1.165) is 23.1 Å². The zero-order valence-electron chi connectivity index (χ0n) is 14.9. The van der Waals surface area contributed by atoms with E-state index in [-0.39, 0.29) is 17.7 Å². The summed E-state index contributed by atoms with van der Waals surface area (Å²) >= 11 is 0. The molecule has 0 saturated heterocycles. The van der Waals surface area contributed by atoms with Crippen molar-refractivity contribution < 1.29 is 13.2 Å². The largest absolute Gasteiger partial charge is 0.254 e. The standard InChI is InChI=1S/C23H18F3N/c1-2-14-6-8-16(9-7-14)17-5-3-4-15(10-17)11-18-12-19-20(24)13-21(25)22(26)23(19)27-18/h3-10,13H,2,11-12H2,1H3. The van der Waals surface area contributed by atoms with Crippen molar-refractivity contribution in [3.63, 3.8) is 0 Å². The zero-order valence-corrected chi connectivity index (χ0v) is 14.9. The fourth-order valence-corrected chi connectivity index (χ4v) is 3.44. The molecule has 0 atom stereocenters. The molecule has 27 heavy (non-hydrogen) atoms. The van der Waals surface area contributed by atoms with Crippen molar-refractivity contribution in [1.29, 1.82) is 0 Å². The average molecular weight is 365 g/mol. The summed E-state index contributed by atoms with van der Waals surface area (Å²) in [5, 5.41) is 0. The Balaban J connectivity index is 1.59.